The number of rotatable bonds is 6. The van der Waals surface area contributed by atoms with Crippen LogP contribution in [0.15, 0.2) is 10.8 Å². The fourth-order valence-electron chi connectivity index (χ4n) is 1.84. The zero-order valence-corrected chi connectivity index (χ0v) is 12.5. The van der Waals surface area contributed by atoms with Gasteiger partial charge >= 0.3 is 0 Å². The van der Waals surface area contributed by atoms with Gasteiger partial charge in [-0.15, -0.1) is 0 Å². The summed E-state index contributed by atoms with van der Waals surface area (Å²) in [6.45, 7) is 4.33. The Bertz CT molecular complexity index is 424. The Hall–Kier alpha value is -0.920. The molecule has 1 unspecified atom stereocenters. The molecule has 0 saturated carbocycles. The fraction of sp³-hybridized carbons (Fsp3) is 0.667. The summed E-state index contributed by atoms with van der Waals surface area (Å²) in [7, 11) is 0. The highest BCUT2D eigenvalue weighted by atomic mass is 79.9. The molecule has 0 bridgehead atoms. The first-order valence-electron chi connectivity index (χ1n) is 6.43. The van der Waals surface area contributed by atoms with Gasteiger partial charge in [0.25, 0.3) is 0 Å². The first-order chi connectivity index (χ1) is 9.14. The number of halogens is 1. The molecule has 0 radical (unpaired) electrons. The van der Waals surface area contributed by atoms with Crippen LogP contribution in [0, 0.1) is 0 Å². The van der Waals surface area contributed by atoms with Crippen LogP contribution in [0.3, 0.4) is 0 Å². The SMILES string of the molecule is CCCNc1ncnc(NCC2(O)CCOC2)c1Br. The monoisotopic (exact) mass is 330 g/mol. The van der Waals surface area contributed by atoms with Crippen molar-refractivity contribution in [2.75, 3.05) is 36.9 Å². The molecule has 2 heterocycles. The third kappa shape index (κ3) is 3.77. The summed E-state index contributed by atoms with van der Waals surface area (Å²) in [5.74, 6) is 1.43. The Morgan fingerprint density at radius 1 is 1.42 bits per heavy atom. The predicted octanol–water partition coefficient (Wildman–Crippen LogP) is 1.62. The van der Waals surface area contributed by atoms with Crippen molar-refractivity contribution in [1.82, 2.24) is 9.97 Å². The fourth-order valence-corrected chi connectivity index (χ4v) is 2.33. The molecule has 1 saturated heterocycles. The molecule has 1 aromatic heterocycles. The number of nitrogens with one attached hydrogen (secondary N) is 2. The first-order valence-corrected chi connectivity index (χ1v) is 7.22. The lowest BCUT2D eigenvalue weighted by atomic mass is 10.0. The minimum atomic E-state index is -0.804. The van der Waals surface area contributed by atoms with Gasteiger partial charge in [0, 0.05) is 26.1 Å². The van der Waals surface area contributed by atoms with Crippen molar-refractivity contribution in [1.29, 1.82) is 0 Å². The van der Waals surface area contributed by atoms with Gasteiger partial charge in [0.15, 0.2) is 0 Å². The van der Waals surface area contributed by atoms with Crippen LogP contribution in [-0.4, -0.2) is 47.0 Å². The van der Waals surface area contributed by atoms with Gasteiger partial charge in [-0.1, -0.05) is 6.92 Å². The molecular formula is C12H19BrN4O2. The lowest BCUT2D eigenvalue weighted by Crippen LogP contribution is -2.37. The van der Waals surface area contributed by atoms with Gasteiger partial charge in [-0.3, -0.25) is 0 Å². The van der Waals surface area contributed by atoms with Crippen LogP contribution >= 0.6 is 15.9 Å². The molecule has 106 valence electrons. The topological polar surface area (TPSA) is 79.3 Å². The van der Waals surface area contributed by atoms with E-state index < -0.39 is 5.60 Å². The summed E-state index contributed by atoms with van der Waals surface area (Å²) in [5, 5.41) is 16.6. The predicted molar refractivity (Wildman–Crippen MR) is 77.4 cm³/mol. The van der Waals surface area contributed by atoms with E-state index in [9.17, 15) is 5.11 Å². The van der Waals surface area contributed by atoms with Gasteiger partial charge in [0.05, 0.1) is 6.61 Å². The number of aliphatic hydroxyl groups is 1. The van der Waals surface area contributed by atoms with Gasteiger partial charge in [0.2, 0.25) is 0 Å². The van der Waals surface area contributed by atoms with Gasteiger partial charge in [-0.2, -0.15) is 0 Å². The smallest absolute Gasteiger partial charge is 0.146 e. The molecule has 0 aromatic carbocycles. The van der Waals surface area contributed by atoms with E-state index in [0.717, 1.165) is 23.3 Å². The van der Waals surface area contributed by atoms with Crippen LogP contribution in [0.5, 0.6) is 0 Å². The lowest BCUT2D eigenvalue weighted by molar-refractivity contribution is 0.0381. The molecular weight excluding hydrogens is 312 g/mol. The largest absolute Gasteiger partial charge is 0.386 e. The van der Waals surface area contributed by atoms with Gasteiger partial charge in [-0.25, -0.2) is 9.97 Å². The zero-order chi connectivity index (χ0) is 13.7. The van der Waals surface area contributed by atoms with E-state index in [1.54, 1.807) is 0 Å². The quantitative estimate of drug-likeness (QED) is 0.735. The number of ether oxygens (including phenoxy) is 1. The van der Waals surface area contributed by atoms with Crippen LogP contribution in [0.4, 0.5) is 11.6 Å². The van der Waals surface area contributed by atoms with Crippen molar-refractivity contribution in [3.8, 4) is 0 Å². The van der Waals surface area contributed by atoms with E-state index >= 15 is 0 Å². The molecule has 1 aliphatic rings. The van der Waals surface area contributed by atoms with Crippen molar-refractivity contribution in [3.05, 3.63) is 10.8 Å². The second-order valence-corrected chi connectivity index (χ2v) is 5.49. The molecule has 1 fully saturated rings. The highest BCUT2D eigenvalue weighted by Crippen LogP contribution is 2.27. The summed E-state index contributed by atoms with van der Waals surface area (Å²) in [4.78, 5) is 8.36. The third-order valence-corrected chi connectivity index (χ3v) is 3.75. The molecule has 1 atom stereocenters. The summed E-state index contributed by atoms with van der Waals surface area (Å²) in [6, 6.07) is 0. The number of hydrogen-bond donors (Lipinski definition) is 3. The summed E-state index contributed by atoms with van der Waals surface area (Å²) in [6.07, 6.45) is 3.17. The van der Waals surface area contributed by atoms with Crippen molar-refractivity contribution >= 4 is 27.6 Å². The summed E-state index contributed by atoms with van der Waals surface area (Å²) in [5.41, 5.74) is -0.804. The minimum absolute atomic E-state index is 0.365. The van der Waals surface area contributed by atoms with Crippen molar-refractivity contribution in [2.24, 2.45) is 0 Å². The second kappa shape index (κ2) is 6.49. The Morgan fingerprint density at radius 3 is 2.79 bits per heavy atom. The van der Waals surface area contributed by atoms with Crippen LogP contribution in [-0.2, 0) is 4.74 Å². The number of hydrogen-bond acceptors (Lipinski definition) is 6. The van der Waals surface area contributed by atoms with Gasteiger partial charge in [-0.05, 0) is 22.4 Å². The van der Waals surface area contributed by atoms with Crippen LogP contribution in [0.2, 0.25) is 0 Å². The molecule has 19 heavy (non-hydrogen) atoms. The average Bonchev–Trinajstić information content (AvgIpc) is 2.84. The molecule has 3 N–H and O–H groups in total. The maximum atomic E-state index is 10.2. The highest BCUT2D eigenvalue weighted by molar-refractivity contribution is 9.10. The van der Waals surface area contributed by atoms with E-state index in [-0.39, 0.29) is 0 Å². The molecule has 0 amide bonds. The highest BCUT2D eigenvalue weighted by Gasteiger charge is 2.32. The number of anilines is 2. The molecule has 0 spiro atoms. The van der Waals surface area contributed by atoms with Gasteiger partial charge in [0.1, 0.15) is 28.0 Å². The third-order valence-electron chi connectivity index (χ3n) is 3.00. The molecule has 1 aliphatic heterocycles. The van der Waals surface area contributed by atoms with E-state index in [2.05, 4.69) is 43.5 Å². The molecule has 1 aromatic rings. The molecule has 2 rings (SSSR count). The molecule has 6 nitrogen and oxygen atoms in total. The van der Waals surface area contributed by atoms with Crippen molar-refractivity contribution in [3.63, 3.8) is 0 Å². The molecule has 0 aliphatic carbocycles. The van der Waals surface area contributed by atoms with Crippen LogP contribution in [0.1, 0.15) is 19.8 Å². The van der Waals surface area contributed by atoms with Crippen molar-refractivity contribution < 1.29 is 9.84 Å². The number of aromatic nitrogens is 2. The second-order valence-electron chi connectivity index (χ2n) is 4.69. The standard InChI is InChI=1S/C12H19BrN4O2/c1-2-4-14-10-9(13)11(17-8-16-10)15-6-12(18)3-5-19-7-12/h8,18H,2-7H2,1H3,(H2,14,15,16,17). The average molecular weight is 331 g/mol. The van der Waals surface area contributed by atoms with Crippen molar-refractivity contribution in [2.45, 2.75) is 25.4 Å². The van der Waals surface area contributed by atoms with E-state index in [0.29, 0.717) is 32.0 Å². The summed E-state index contributed by atoms with van der Waals surface area (Å²) >= 11 is 3.48. The van der Waals surface area contributed by atoms with Crippen LogP contribution in [0.25, 0.3) is 0 Å². The molecule has 7 heteroatoms. The normalized spacial score (nSPS) is 22.5. The Balaban J connectivity index is 1.99. The van der Waals surface area contributed by atoms with Gasteiger partial charge < -0.3 is 20.5 Å². The van der Waals surface area contributed by atoms with E-state index in [1.807, 2.05) is 0 Å². The first kappa shape index (κ1) is 14.5. The summed E-state index contributed by atoms with van der Waals surface area (Å²) < 4.78 is 5.99. The number of nitrogens with zero attached hydrogens (tertiary/aromatic N) is 2. The Labute approximate surface area is 121 Å². The van der Waals surface area contributed by atoms with E-state index in [4.69, 9.17) is 4.74 Å². The zero-order valence-electron chi connectivity index (χ0n) is 10.9. The Kier molecular flexibility index (Phi) is 4.95. The Morgan fingerprint density at radius 2 is 2.16 bits per heavy atom. The minimum Gasteiger partial charge on any atom is -0.386 e. The maximum absolute atomic E-state index is 10.2. The maximum Gasteiger partial charge on any atom is 0.146 e. The van der Waals surface area contributed by atoms with E-state index in [1.165, 1.54) is 6.33 Å². The van der Waals surface area contributed by atoms with Crippen LogP contribution < -0.4 is 10.6 Å². The lowest BCUT2D eigenvalue weighted by Gasteiger charge is -2.21.